The smallest absolute Gasteiger partial charge is 0.129 e. The molecule has 0 amide bonds. The Bertz CT molecular complexity index is 594. The zero-order chi connectivity index (χ0) is 14.7. The van der Waals surface area contributed by atoms with Gasteiger partial charge in [0.1, 0.15) is 11.6 Å². The first kappa shape index (κ1) is 13.8. The second-order valence-electron chi connectivity index (χ2n) is 5.30. The summed E-state index contributed by atoms with van der Waals surface area (Å²) in [7, 11) is 0. The molecule has 1 aliphatic heterocycles. The summed E-state index contributed by atoms with van der Waals surface area (Å²) in [4.78, 5) is 8.89. The number of nitrogens with two attached hydrogens (primary N) is 1. The molecule has 0 atom stereocenters. The number of piperazine rings is 1. The van der Waals surface area contributed by atoms with Gasteiger partial charge in [-0.15, -0.1) is 0 Å². The van der Waals surface area contributed by atoms with Crippen LogP contribution in [0.3, 0.4) is 0 Å². The molecule has 2 N–H and O–H groups in total. The van der Waals surface area contributed by atoms with Crippen molar-refractivity contribution in [3.05, 3.63) is 54.0 Å². The molecule has 1 aliphatic rings. The highest BCUT2D eigenvalue weighted by atomic mass is 19.1. The lowest BCUT2D eigenvalue weighted by molar-refractivity contribution is 0.246. The monoisotopic (exact) mass is 286 g/mol. The van der Waals surface area contributed by atoms with Gasteiger partial charge in [0.25, 0.3) is 0 Å². The molecule has 5 heteroatoms. The van der Waals surface area contributed by atoms with Gasteiger partial charge in [-0.1, -0.05) is 12.1 Å². The Hall–Kier alpha value is -2.14. The summed E-state index contributed by atoms with van der Waals surface area (Å²) in [5, 5.41) is 0. The summed E-state index contributed by atoms with van der Waals surface area (Å²) < 4.78 is 13.8. The topological polar surface area (TPSA) is 45.4 Å². The molecular formula is C16H19FN4. The summed E-state index contributed by atoms with van der Waals surface area (Å²) >= 11 is 0. The van der Waals surface area contributed by atoms with Crippen molar-refractivity contribution >= 4 is 11.5 Å². The Morgan fingerprint density at radius 2 is 1.90 bits per heavy atom. The highest BCUT2D eigenvalue weighted by molar-refractivity contribution is 5.40. The van der Waals surface area contributed by atoms with E-state index >= 15 is 0 Å². The summed E-state index contributed by atoms with van der Waals surface area (Å²) in [6, 6.07) is 10.9. The number of hydrogen-bond acceptors (Lipinski definition) is 4. The van der Waals surface area contributed by atoms with Crippen LogP contribution in [0.5, 0.6) is 0 Å². The Labute approximate surface area is 124 Å². The molecular weight excluding hydrogens is 267 g/mol. The lowest BCUT2D eigenvalue weighted by Gasteiger charge is -2.35. The number of nitrogen functional groups attached to an aromatic ring is 1. The van der Waals surface area contributed by atoms with Crippen molar-refractivity contribution in [1.29, 1.82) is 0 Å². The molecule has 2 heterocycles. The van der Waals surface area contributed by atoms with Crippen LogP contribution in [0.2, 0.25) is 0 Å². The standard InChI is InChI=1S/C16H19FN4/c17-15-11-14(18)5-4-13(15)12-20-7-9-21(10-8-20)16-3-1-2-6-19-16/h1-6,11H,7-10,12,18H2. The van der Waals surface area contributed by atoms with E-state index in [4.69, 9.17) is 5.73 Å². The molecule has 0 radical (unpaired) electrons. The van der Waals surface area contributed by atoms with Crippen molar-refractivity contribution in [2.75, 3.05) is 36.8 Å². The zero-order valence-electron chi connectivity index (χ0n) is 11.9. The predicted molar refractivity (Wildman–Crippen MR) is 82.5 cm³/mol. The number of halogens is 1. The van der Waals surface area contributed by atoms with Gasteiger partial charge in [-0.05, 0) is 24.3 Å². The van der Waals surface area contributed by atoms with E-state index in [2.05, 4.69) is 14.8 Å². The molecule has 4 nitrogen and oxygen atoms in total. The fourth-order valence-electron chi connectivity index (χ4n) is 2.61. The average Bonchev–Trinajstić information content (AvgIpc) is 2.52. The normalized spacial score (nSPS) is 16.1. The van der Waals surface area contributed by atoms with Crippen LogP contribution in [0.15, 0.2) is 42.6 Å². The van der Waals surface area contributed by atoms with Crippen LogP contribution in [0.25, 0.3) is 0 Å². The molecule has 0 bridgehead atoms. The average molecular weight is 286 g/mol. The Balaban J connectivity index is 1.59. The molecule has 0 aliphatic carbocycles. The lowest BCUT2D eigenvalue weighted by atomic mass is 10.1. The molecule has 0 spiro atoms. The van der Waals surface area contributed by atoms with Gasteiger partial charge in [0.05, 0.1) is 0 Å². The minimum atomic E-state index is -0.220. The fraction of sp³-hybridized carbons (Fsp3) is 0.312. The molecule has 1 fully saturated rings. The number of anilines is 2. The van der Waals surface area contributed by atoms with E-state index in [0.29, 0.717) is 17.8 Å². The number of rotatable bonds is 3. The summed E-state index contributed by atoms with van der Waals surface area (Å²) in [5.41, 5.74) is 6.75. The molecule has 0 saturated carbocycles. The van der Waals surface area contributed by atoms with Crippen LogP contribution in [-0.2, 0) is 6.54 Å². The van der Waals surface area contributed by atoms with Gasteiger partial charge in [-0.25, -0.2) is 9.37 Å². The first-order valence-electron chi connectivity index (χ1n) is 7.14. The van der Waals surface area contributed by atoms with Crippen LogP contribution in [0.1, 0.15) is 5.56 Å². The third kappa shape index (κ3) is 3.31. The number of aromatic nitrogens is 1. The van der Waals surface area contributed by atoms with Gasteiger partial charge in [-0.3, -0.25) is 4.90 Å². The van der Waals surface area contributed by atoms with Crippen LogP contribution in [0, 0.1) is 5.82 Å². The van der Waals surface area contributed by atoms with Gasteiger partial charge in [0.15, 0.2) is 0 Å². The maximum Gasteiger partial charge on any atom is 0.129 e. The van der Waals surface area contributed by atoms with Crippen molar-refractivity contribution in [1.82, 2.24) is 9.88 Å². The molecule has 1 aromatic carbocycles. The van der Waals surface area contributed by atoms with Crippen LogP contribution in [-0.4, -0.2) is 36.1 Å². The minimum absolute atomic E-state index is 0.220. The van der Waals surface area contributed by atoms with Gasteiger partial charge in [0, 0.05) is 50.2 Å². The highest BCUT2D eigenvalue weighted by Gasteiger charge is 2.18. The maximum atomic E-state index is 13.8. The maximum absolute atomic E-state index is 13.8. The molecule has 2 aromatic rings. The molecule has 1 saturated heterocycles. The van der Waals surface area contributed by atoms with E-state index in [1.54, 1.807) is 12.1 Å². The summed E-state index contributed by atoms with van der Waals surface area (Å²) in [5.74, 6) is 0.790. The highest BCUT2D eigenvalue weighted by Crippen LogP contribution is 2.17. The molecule has 110 valence electrons. The predicted octanol–water partition coefficient (Wildman–Crippen LogP) is 2.13. The fourth-order valence-corrected chi connectivity index (χ4v) is 2.61. The molecule has 3 rings (SSSR count). The molecule has 1 aromatic heterocycles. The largest absolute Gasteiger partial charge is 0.399 e. The van der Waals surface area contributed by atoms with Crippen LogP contribution >= 0.6 is 0 Å². The second-order valence-corrected chi connectivity index (χ2v) is 5.30. The van der Waals surface area contributed by atoms with E-state index in [1.165, 1.54) is 6.07 Å². The number of nitrogens with zero attached hydrogens (tertiary/aromatic N) is 3. The summed E-state index contributed by atoms with van der Waals surface area (Å²) in [6.07, 6.45) is 1.81. The third-order valence-electron chi connectivity index (χ3n) is 3.82. The van der Waals surface area contributed by atoms with Crippen molar-refractivity contribution in [2.45, 2.75) is 6.54 Å². The Kier molecular flexibility index (Phi) is 4.01. The number of pyridine rings is 1. The minimum Gasteiger partial charge on any atom is -0.399 e. The molecule has 0 unspecified atom stereocenters. The molecule has 21 heavy (non-hydrogen) atoms. The van der Waals surface area contributed by atoms with E-state index in [9.17, 15) is 4.39 Å². The van der Waals surface area contributed by atoms with Crippen LogP contribution < -0.4 is 10.6 Å². The van der Waals surface area contributed by atoms with E-state index in [-0.39, 0.29) is 5.82 Å². The van der Waals surface area contributed by atoms with Gasteiger partial charge >= 0.3 is 0 Å². The SMILES string of the molecule is Nc1ccc(CN2CCN(c3ccccn3)CC2)c(F)c1. The number of hydrogen-bond donors (Lipinski definition) is 1. The Morgan fingerprint density at radius 3 is 2.57 bits per heavy atom. The van der Waals surface area contributed by atoms with E-state index in [1.807, 2.05) is 24.4 Å². The van der Waals surface area contributed by atoms with Crippen LogP contribution in [0.4, 0.5) is 15.9 Å². The van der Waals surface area contributed by atoms with Crippen molar-refractivity contribution < 1.29 is 4.39 Å². The van der Waals surface area contributed by atoms with Gasteiger partial charge in [-0.2, -0.15) is 0 Å². The van der Waals surface area contributed by atoms with E-state index < -0.39 is 0 Å². The van der Waals surface area contributed by atoms with Crippen molar-refractivity contribution in [3.8, 4) is 0 Å². The quantitative estimate of drug-likeness (QED) is 0.878. The van der Waals surface area contributed by atoms with E-state index in [0.717, 1.165) is 32.0 Å². The van der Waals surface area contributed by atoms with Gasteiger partial charge < -0.3 is 10.6 Å². The Morgan fingerprint density at radius 1 is 1.10 bits per heavy atom. The van der Waals surface area contributed by atoms with Gasteiger partial charge in [0.2, 0.25) is 0 Å². The number of benzene rings is 1. The first-order valence-corrected chi connectivity index (χ1v) is 7.14. The second kappa shape index (κ2) is 6.10. The lowest BCUT2D eigenvalue weighted by Crippen LogP contribution is -2.46. The summed E-state index contributed by atoms with van der Waals surface area (Å²) in [6.45, 7) is 4.25. The van der Waals surface area contributed by atoms with Crippen molar-refractivity contribution in [2.24, 2.45) is 0 Å². The first-order chi connectivity index (χ1) is 10.2. The third-order valence-corrected chi connectivity index (χ3v) is 3.82. The van der Waals surface area contributed by atoms with Crippen molar-refractivity contribution in [3.63, 3.8) is 0 Å². The zero-order valence-corrected chi connectivity index (χ0v) is 11.9.